The van der Waals surface area contributed by atoms with Crippen LogP contribution in [0.4, 0.5) is 0 Å². The van der Waals surface area contributed by atoms with E-state index in [0.29, 0.717) is 6.04 Å². The molecule has 0 amide bonds. The third kappa shape index (κ3) is 4.40. The first kappa shape index (κ1) is 13.9. The molecule has 1 fully saturated rings. The van der Waals surface area contributed by atoms with Crippen LogP contribution in [0.25, 0.3) is 0 Å². The van der Waals surface area contributed by atoms with Crippen LogP contribution in [0.2, 0.25) is 0 Å². The van der Waals surface area contributed by atoms with Gasteiger partial charge in [0.15, 0.2) is 0 Å². The van der Waals surface area contributed by atoms with Gasteiger partial charge in [-0.15, -0.1) is 0 Å². The largest absolute Gasteiger partial charge is 0.330 e. The van der Waals surface area contributed by atoms with E-state index in [4.69, 9.17) is 5.73 Å². The van der Waals surface area contributed by atoms with Crippen molar-refractivity contribution in [1.82, 2.24) is 9.80 Å². The van der Waals surface area contributed by atoms with Crippen LogP contribution in [0.3, 0.4) is 0 Å². The smallest absolute Gasteiger partial charge is 0.0194 e. The fourth-order valence-electron chi connectivity index (χ4n) is 2.30. The average molecular weight is 227 g/mol. The van der Waals surface area contributed by atoms with Gasteiger partial charge in [0.1, 0.15) is 0 Å². The summed E-state index contributed by atoms with van der Waals surface area (Å²) in [6, 6.07) is 0.682. The number of likely N-dealkylation sites (N-methyl/N-ethyl adjacent to an activating group) is 1. The molecule has 0 aliphatic carbocycles. The van der Waals surface area contributed by atoms with E-state index < -0.39 is 0 Å². The Kier molecular flexibility index (Phi) is 5.22. The summed E-state index contributed by atoms with van der Waals surface area (Å²) in [5.74, 6) is 0. The van der Waals surface area contributed by atoms with E-state index in [0.717, 1.165) is 6.54 Å². The van der Waals surface area contributed by atoms with Crippen LogP contribution < -0.4 is 5.73 Å². The number of nitrogens with zero attached hydrogens (tertiary/aromatic N) is 2. The summed E-state index contributed by atoms with van der Waals surface area (Å²) in [6.45, 7) is 12.5. The zero-order chi connectivity index (χ0) is 12.2. The minimum absolute atomic E-state index is 0.290. The molecule has 1 unspecified atom stereocenters. The maximum atomic E-state index is 5.78. The van der Waals surface area contributed by atoms with Crippen molar-refractivity contribution in [2.75, 3.05) is 39.8 Å². The van der Waals surface area contributed by atoms with Crippen LogP contribution in [-0.4, -0.2) is 55.6 Å². The van der Waals surface area contributed by atoms with Gasteiger partial charge in [-0.05, 0) is 58.4 Å². The van der Waals surface area contributed by atoms with E-state index in [9.17, 15) is 0 Å². The highest BCUT2D eigenvalue weighted by molar-refractivity contribution is 4.78. The molecule has 96 valence electrons. The van der Waals surface area contributed by atoms with Crippen molar-refractivity contribution >= 4 is 0 Å². The molecule has 1 aliphatic heterocycles. The maximum Gasteiger partial charge on any atom is 0.0194 e. The van der Waals surface area contributed by atoms with Gasteiger partial charge < -0.3 is 10.6 Å². The minimum atomic E-state index is 0.290. The van der Waals surface area contributed by atoms with Gasteiger partial charge in [0.05, 0.1) is 0 Å². The molecule has 1 heterocycles. The molecule has 0 spiro atoms. The molecule has 0 saturated carbocycles. The zero-order valence-corrected chi connectivity index (χ0v) is 11.5. The van der Waals surface area contributed by atoms with Crippen molar-refractivity contribution in [3.63, 3.8) is 0 Å². The molecule has 2 N–H and O–H groups in total. The van der Waals surface area contributed by atoms with Gasteiger partial charge >= 0.3 is 0 Å². The first-order valence-electron chi connectivity index (χ1n) is 6.57. The van der Waals surface area contributed by atoms with Gasteiger partial charge in [-0.25, -0.2) is 0 Å². The Balaban J connectivity index is 2.40. The minimum Gasteiger partial charge on any atom is -0.330 e. The Morgan fingerprint density at radius 3 is 2.62 bits per heavy atom. The fraction of sp³-hybridized carbons (Fsp3) is 1.00. The third-order valence-corrected chi connectivity index (χ3v) is 3.81. The van der Waals surface area contributed by atoms with E-state index in [1.54, 1.807) is 0 Å². The van der Waals surface area contributed by atoms with Gasteiger partial charge in [0, 0.05) is 12.6 Å². The lowest BCUT2D eigenvalue weighted by atomic mass is 9.89. The summed E-state index contributed by atoms with van der Waals surface area (Å²) in [6.07, 6.45) is 2.50. The van der Waals surface area contributed by atoms with E-state index in [1.807, 2.05) is 0 Å². The Morgan fingerprint density at radius 1 is 1.31 bits per heavy atom. The van der Waals surface area contributed by atoms with E-state index in [1.165, 1.54) is 39.0 Å². The summed E-state index contributed by atoms with van der Waals surface area (Å²) in [4.78, 5) is 5.07. The van der Waals surface area contributed by atoms with Crippen molar-refractivity contribution in [2.45, 2.75) is 39.7 Å². The molecule has 16 heavy (non-hydrogen) atoms. The van der Waals surface area contributed by atoms with Gasteiger partial charge in [-0.3, -0.25) is 4.90 Å². The average Bonchev–Trinajstić information content (AvgIpc) is 2.37. The highest BCUT2D eigenvalue weighted by atomic mass is 15.2. The molecule has 1 rings (SSSR count). The predicted octanol–water partition coefficient (Wildman–Crippen LogP) is 1.39. The van der Waals surface area contributed by atoms with E-state index >= 15 is 0 Å². The molecular formula is C13H29N3. The summed E-state index contributed by atoms with van der Waals surface area (Å²) < 4.78 is 0. The van der Waals surface area contributed by atoms with Crippen LogP contribution in [0.15, 0.2) is 0 Å². The molecule has 3 nitrogen and oxygen atoms in total. The van der Waals surface area contributed by atoms with Crippen molar-refractivity contribution in [1.29, 1.82) is 0 Å². The number of rotatable bonds is 4. The fourth-order valence-corrected chi connectivity index (χ4v) is 2.30. The lowest BCUT2D eigenvalue weighted by molar-refractivity contribution is 0.173. The second kappa shape index (κ2) is 5.99. The van der Waals surface area contributed by atoms with Gasteiger partial charge in [-0.1, -0.05) is 13.8 Å². The highest BCUT2D eigenvalue weighted by Crippen LogP contribution is 2.20. The normalized spacial score (nSPS) is 25.7. The first-order chi connectivity index (χ1) is 7.44. The predicted molar refractivity (Wildman–Crippen MR) is 70.6 cm³/mol. The quantitative estimate of drug-likeness (QED) is 0.788. The number of hydrogen-bond donors (Lipinski definition) is 1. The highest BCUT2D eigenvalue weighted by Gasteiger charge is 2.22. The Bertz CT molecular complexity index is 203. The van der Waals surface area contributed by atoms with Crippen LogP contribution in [0.1, 0.15) is 33.6 Å². The summed E-state index contributed by atoms with van der Waals surface area (Å²) >= 11 is 0. The van der Waals surface area contributed by atoms with E-state index in [2.05, 4.69) is 37.6 Å². The Morgan fingerprint density at radius 2 is 2.00 bits per heavy atom. The van der Waals surface area contributed by atoms with Crippen LogP contribution in [0.5, 0.6) is 0 Å². The standard InChI is InChI=1S/C13H29N3/c1-12-10-15(4)7-5-8-16(12)9-6-13(2,3)11-14/h12H,5-11,14H2,1-4H3. The number of nitrogens with two attached hydrogens (primary N) is 1. The van der Waals surface area contributed by atoms with Crippen molar-refractivity contribution < 1.29 is 0 Å². The molecule has 0 aromatic carbocycles. The second-order valence-electron chi connectivity index (χ2n) is 6.12. The van der Waals surface area contributed by atoms with Crippen molar-refractivity contribution in [3.8, 4) is 0 Å². The van der Waals surface area contributed by atoms with Gasteiger partial charge in [0.25, 0.3) is 0 Å². The third-order valence-electron chi connectivity index (χ3n) is 3.81. The monoisotopic (exact) mass is 227 g/mol. The van der Waals surface area contributed by atoms with Gasteiger partial charge in [0.2, 0.25) is 0 Å². The molecule has 0 bridgehead atoms. The Labute approximate surface area is 101 Å². The van der Waals surface area contributed by atoms with Crippen LogP contribution >= 0.6 is 0 Å². The summed E-state index contributed by atoms with van der Waals surface area (Å²) in [5.41, 5.74) is 6.07. The first-order valence-corrected chi connectivity index (χ1v) is 6.57. The molecule has 3 heteroatoms. The molecule has 0 aromatic heterocycles. The topological polar surface area (TPSA) is 32.5 Å². The molecule has 1 aliphatic rings. The maximum absolute atomic E-state index is 5.78. The molecule has 1 saturated heterocycles. The molecular weight excluding hydrogens is 198 g/mol. The zero-order valence-electron chi connectivity index (χ0n) is 11.5. The molecule has 1 atom stereocenters. The summed E-state index contributed by atoms with van der Waals surface area (Å²) in [5, 5.41) is 0. The number of hydrogen-bond acceptors (Lipinski definition) is 3. The molecule has 0 aromatic rings. The SMILES string of the molecule is CC1CN(C)CCCN1CCC(C)(C)CN. The van der Waals surface area contributed by atoms with Crippen molar-refractivity contribution in [3.05, 3.63) is 0 Å². The van der Waals surface area contributed by atoms with Gasteiger partial charge in [-0.2, -0.15) is 0 Å². The Hall–Kier alpha value is -0.120. The lowest BCUT2D eigenvalue weighted by Crippen LogP contribution is -2.40. The summed E-state index contributed by atoms with van der Waals surface area (Å²) in [7, 11) is 2.23. The second-order valence-corrected chi connectivity index (χ2v) is 6.12. The van der Waals surface area contributed by atoms with Crippen LogP contribution in [-0.2, 0) is 0 Å². The lowest BCUT2D eigenvalue weighted by Gasteiger charge is -2.31. The van der Waals surface area contributed by atoms with Crippen LogP contribution in [0, 0.1) is 5.41 Å². The van der Waals surface area contributed by atoms with Crippen molar-refractivity contribution in [2.24, 2.45) is 11.1 Å². The van der Waals surface area contributed by atoms with E-state index in [-0.39, 0.29) is 5.41 Å². The molecule has 0 radical (unpaired) electrons.